The molecular formula is C16H25NO. The van der Waals surface area contributed by atoms with E-state index in [-0.39, 0.29) is 0 Å². The van der Waals surface area contributed by atoms with E-state index in [4.69, 9.17) is 4.74 Å². The van der Waals surface area contributed by atoms with Crippen molar-refractivity contribution in [2.45, 2.75) is 52.6 Å². The highest BCUT2D eigenvalue weighted by molar-refractivity contribution is 5.36. The highest BCUT2D eigenvalue weighted by atomic mass is 16.5. The molecule has 1 aliphatic carbocycles. The summed E-state index contributed by atoms with van der Waals surface area (Å²) in [5.74, 6) is 1.99. The molecule has 0 radical (unpaired) electrons. The Balaban J connectivity index is 1.92. The third kappa shape index (κ3) is 4.34. The molecule has 0 amide bonds. The first kappa shape index (κ1) is 13.4. The second-order valence-electron chi connectivity index (χ2n) is 5.73. The van der Waals surface area contributed by atoms with Crippen LogP contribution in [0.25, 0.3) is 0 Å². The number of rotatable bonds is 7. The fourth-order valence-corrected chi connectivity index (χ4v) is 2.04. The second-order valence-corrected chi connectivity index (χ2v) is 5.73. The van der Waals surface area contributed by atoms with E-state index in [2.05, 4.69) is 44.3 Å². The molecule has 1 N–H and O–H groups in total. The molecule has 2 heteroatoms. The van der Waals surface area contributed by atoms with Crippen LogP contribution in [0.5, 0.6) is 5.75 Å². The predicted octanol–water partition coefficient (Wildman–Crippen LogP) is 3.67. The lowest BCUT2D eigenvalue weighted by molar-refractivity contribution is 0.298. The Morgan fingerprint density at radius 1 is 1.33 bits per heavy atom. The van der Waals surface area contributed by atoms with Crippen molar-refractivity contribution in [2.24, 2.45) is 5.92 Å². The van der Waals surface area contributed by atoms with E-state index in [0.717, 1.165) is 24.8 Å². The average Bonchev–Trinajstić information content (AvgIpc) is 3.13. The molecule has 100 valence electrons. The van der Waals surface area contributed by atoms with Gasteiger partial charge in [-0.05, 0) is 25.3 Å². The summed E-state index contributed by atoms with van der Waals surface area (Å²) in [5, 5.41) is 3.46. The molecule has 1 fully saturated rings. The quantitative estimate of drug-likeness (QED) is 0.793. The van der Waals surface area contributed by atoms with Crippen LogP contribution in [0.15, 0.2) is 18.2 Å². The minimum absolute atomic E-state index is 0.504. The van der Waals surface area contributed by atoms with Crippen LogP contribution in [0.4, 0.5) is 0 Å². The van der Waals surface area contributed by atoms with Gasteiger partial charge in [0.25, 0.3) is 0 Å². The van der Waals surface area contributed by atoms with Gasteiger partial charge in [0.2, 0.25) is 0 Å². The number of ether oxygens (including phenoxy) is 1. The van der Waals surface area contributed by atoms with Crippen LogP contribution >= 0.6 is 0 Å². The van der Waals surface area contributed by atoms with Gasteiger partial charge in [0.1, 0.15) is 5.75 Å². The van der Waals surface area contributed by atoms with Gasteiger partial charge in [-0.25, -0.2) is 0 Å². The molecule has 0 spiro atoms. The highest BCUT2D eigenvalue weighted by Gasteiger charge is 2.20. The molecule has 0 atom stereocenters. The molecule has 0 aromatic heterocycles. The largest absolute Gasteiger partial charge is 0.493 e. The lowest BCUT2D eigenvalue weighted by Crippen LogP contribution is -2.22. The Morgan fingerprint density at radius 3 is 2.78 bits per heavy atom. The topological polar surface area (TPSA) is 21.3 Å². The zero-order chi connectivity index (χ0) is 13.0. The van der Waals surface area contributed by atoms with E-state index < -0.39 is 0 Å². The SMILES string of the molecule is Cc1ccc(OCCC2CC2)c(CNC(C)C)c1. The molecule has 1 aromatic carbocycles. The minimum Gasteiger partial charge on any atom is -0.493 e. The number of aryl methyl sites for hydroxylation is 1. The Hall–Kier alpha value is -1.02. The maximum atomic E-state index is 5.94. The van der Waals surface area contributed by atoms with Crippen molar-refractivity contribution in [1.29, 1.82) is 0 Å². The molecule has 1 saturated carbocycles. The Kier molecular flexibility index (Phi) is 4.65. The normalized spacial score (nSPS) is 15.1. The van der Waals surface area contributed by atoms with Gasteiger partial charge in [-0.15, -0.1) is 0 Å². The fraction of sp³-hybridized carbons (Fsp3) is 0.625. The van der Waals surface area contributed by atoms with Gasteiger partial charge >= 0.3 is 0 Å². The molecule has 2 rings (SSSR count). The number of hydrogen-bond donors (Lipinski definition) is 1. The van der Waals surface area contributed by atoms with Crippen LogP contribution in [-0.2, 0) is 6.54 Å². The van der Waals surface area contributed by atoms with Crippen molar-refractivity contribution in [2.75, 3.05) is 6.61 Å². The van der Waals surface area contributed by atoms with Crippen molar-refractivity contribution in [3.05, 3.63) is 29.3 Å². The van der Waals surface area contributed by atoms with E-state index in [1.54, 1.807) is 0 Å². The van der Waals surface area contributed by atoms with Gasteiger partial charge in [-0.1, -0.05) is 44.4 Å². The first-order valence-electron chi connectivity index (χ1n) is 7.11. The second kappa shape index (κ2) is 6.24. The summed E-state index contributed by atoms with van der Waals surface area (Å²) in [6.45, 7) is 8.22. The maximum Gasteiger partial charge on any atom is 0.123 e. The predicted molar refractivity (Wildman–Crippen MR) is 76.0 cm³/mol. The third-order valence-corrected chi connectivity index (χ3v) is 3.40. The van der Waals surface area contributed by atoms with E-state index in [0.29, 0.717) is 6.04 Å². The Labute approximate surface area is 111 Å². The van der Waals surface area contributed by atoms with Crippen LogP contribution in [0, 0.1) is 12.8 Å². The molecule has 0 heterocycles. The number of benzene rings is 1. The van der Waals surface area contributed by atoms with Crippen LogP contribution in [0.1, 0.15) is 44.2 Å². The van der Waals surface area contributed by atoms with Gasteiger partial charge in [0.15, 0.2) is 0 Å². The zero-order valence-electron chi connectivity index (χ0n) is 11.8. The first-order valence-corrected chi connectivity index (χ1v) is 7.11. The van der Waals surface area contributed by atoms with Crippen LogP contribution < -0.4 is 10.1 Å². The van der Waals surface area contributed by atoms with Gasteiger partial charge in [0.05, 0.1) is 6.61 Å². The average molecular weight is 247 g/mol. The lowest BCUT2D eigenvalue weighted by atomic mass is 10.1. The summed E-state index contributed by atoms with van der Waals surface area (Å²) in [4.78, 5) is 0. The van der Waals surface area contributed by atoms with E-state index in [1.807, 2.05) is 0 Å². The molecule has 1 aromatic rings. The van der Waals surface area contributed by atoms with Gasteiger partial charge in [-0.3, -0.25) is 0 Å². The molecule has 0 aliphatic heterocycles. The molecular weight excluding hydrogens is 222 g/mol. The summed E-state index contributed by atoms with van der Waals surface area (Å²) in [7, 11) is 0. The molecule has 0 saturated heterocycles. The summed E-state index contributed by atoms with van der Waals surface area (Å²) < 4.78 is 5.94. The van der Waals surface area contributed by atoms with E-state index in [1.165, 1.54) is 30.4 Å². The smallest absolute Gasteiger partial charge is 0.123 e. The monoisotopic (exact) mass is 247 g/mol. The van der Waals surface area contributed by atoms with Gasteiger partial charge in [-0.2, -0.15) is 0 Å². The number of hydrogen-bond acceptors (Lipinski definition) is 2. The van der Waals surface area contributed by atoms with Gasteiger partial charge in [0, 0.05) is 18.2 Å². The molecule has 0 unspecified atom stereocenters. The summed E-state index contributed by atoms with van der Waals surface area (Å²) in [5.41, 5.74) is 2.57. The maximum absolute atomic E-state index is 5.94. The fourth-order valence-electron chi connectivity index (χ4n) is 2.04. The Morgan fingerprint density at radius 2 is 2.11 bits per heavy atom. The van der Waals surface area contributed by atoms with Crippen molar-refractivity contribution in [3.63, 3.8) is 0 Å². The number of nitrogens with one attached hydrogen (secondary N) is 1. The summed E-state index contributed by atoms with van der Waals surface area (Å²) in [6.07, 6.45) is 4.02. The third-order valence-electron chi connectivity index (χ3n) is 3.40. The minimum atomic E-state index is 0.504. The summed E-state index contributed by atoms with van der Waals surface area (Å²) in [6, 6.07) is 6.97. The lowest BCUT2D eigenvalue weighted by Gasteiger charge is -2.14. The van der Waals surface area contributed by atoms with Gasteiger partial charge < -0.3 is 10.1 Å². The molecule has 18 heavy (non-hydrogen) atoms. The first-order chi connectivity index (χ1) is 8.65. The highest BCUT2D eigenvalue weighted by Crippen LogP contribution is 2.32. The molecule has 1 aliphatic rings. The van der Waals surface area contributed by atoms with Crippen LogP contribution in [0.2, 0.25) is 0 Å². The van der Waals surface area contributed by atoms with Crippen molar-refractivity contribution < 1.29 is 4.74 Å². The molecule has 2 nitrogen and oxygen atoms in total. The van der Waals surface area contributed by atoms with Crippen LogP contribution in [0.3, 0.4) is 0 Å². The van der Waals surface area contributed by atoms with E-state index >= 15 is 0 Å². The Bertz CT molecular complexity index is 383. The standard InChI is InChI=1S/C16H25NO/c1-12(2)17-11-15-10-13(3)4-7-16(15)18-9-8-14-5-6-14/h4,7,10,12,14,17H,5-6,8-9,11H2,1-3H3. The molecule has 0 bridgehead atoms. The van der Waals surface area contributed by atoms with Crippen molar-refractivity contribution in [1.82, 2.24) is 5.32 Å². The van der Waals surface area contributed by atoms with Crippen molar-refractivity contribution in [3.8, 4) is 5.75 Å². The van der Waals surface area contributed by atoms with Crippen LogP contribution in [-0.4, -0.2) is 12.6 Å². The van der Waals surface area contributed by atoms with E-state index in [9.17, 15) is 0 Å². The summed E-state index contributed by atoms with van der Waals surface area (Å²) >= 11 is 0. The zero-order valence-corrected chi connectivity index (χ0v) is 11.8. The van der Waals surface area contributed by atoms with Crippen molar-refractivity contribution >= 4 is 0 Å².